The molecule has 1 aromatic carbocycles. The minimum atomic E-state index is -1.53. The van der Waals surface area contributed by atoms with Crippen LogP contribution >= 0.6 is 0 Å². The predicted octanol–water partition coefficient (Wildman–Crippen LogP) is 0.519. The number of para-hydroxylation sites is 2. The smallest absolute Gasteiger partial charge is 0.336 e. The number of aliphatic carboxylic acids is 1. The van der Waals surface area contributed by atoms with Crippen molar-refractivity contribution in [1.82, 2.24) is 0 Å². The highest BCUT2D eigenvalue weighted by Gasteiger charge is 2.14. The summed E-state index contributed by atoms with van der Waals surface area (Å²) in [6, 6.07) is 6.81. The highest BCUT2D eigenvalue weighted by atomic mass is 16.5. The highest BCUT2D eigenvalue weighted by Crippen LogP contribution is 2.25. The topological polar surface area (TPSA) is 76.0 Å². The zero-order chi connectivity index (χ0) is 11.3. The van der Waals surface area contributed by atoms with Gasteiger partial charge in [0.2, 0.25) is 0 Å². The molecule has 2 N–H and O–H groups in total. The van der Waals surface area contributed by atoms with Gasteiger partial charge >= 0.3 is 5.97 Å². The molecule has 0 amide bonds. The highest BCUT2D eigenvalue weighted by molar-refractivity contribution is 5.72. The van der Waals surface area contributed by atoms with Gasteiger partial charge in [0.15, 0.2) is 17.6 Å². The van der Waals surface area contributed by atoms with Gasteiger partial charge in [-0.3, -0.25) is 0 Å². The average Bonchev–Trinajstić information content (AvgIpc) is 2.26. The van der Waals surface area contributed by atoms with E-state index in [4.69, 9.17) is 19.7 Å². The van der Waals surface area contributed by atoms with Gasteiger partial charge in [-0.15, -0.1) is 0 Å². The Hall–Kier alpha value is -1.75. The van der Waals surface area contributed by atoms with Crippen molar-refractivity contribution in [3.05, 3.63) is 24.3 Å². The molecule has 15 heavy (non-hydrogen) atoms. The molecule has 1 aromatic rings. The first-order valence-electron chi connectivity index (χ1n) is 4.32. The summed E-state index contributed by atoms with van der Waals surface area (Å²) in [5.41, 5.74) is 0. The van der Waals surface area contributed by atoms with E-state index in [1.54, 1.807) is 24.3 Å². The van der Waals surface area contributed by atoms with Gasteiger partial charge in [0.05, 0.1) is 7.11 Å². The second-order valence-corrected chi connectivity index (χ2v) is 2.82. The van der Waals surface area contributed by atoms with Gasteiger partial charge in [-0.2, -0.15) is 0 Å². The van der Waals surface area contributed by atoms with Gasteiger partial charge in [-0.25, -0.2) is 4.79 Å². The van der Waals surface area contributed by atoms with Crippen LogP contribution in [0, 0.1) is 0 Å². The lowest BCUT2D eigenvalue weighted by atomic mass is 10.3. The van der Waals surface area contributed by atoms with E-state index in [2.05, 4.69) is 0 Å². The lowest BCUT2D eigenvalue weighted by Crippen LogP contribution is -2.26. The fraction of sp³-hybridized carbons (Fsp3) is 0.300. The maximum absolute atomic E-state index is 10.3. The Bertz CT molecular complexity index is 336. The molecule has 0 unspecified atom stereocenters. The molecule has 0 bridgehead atoms. The zero-order valence-electron chi connectivity index (χ0n) is 8.21. The van der Waals surface area contributed by atoms with Crippen LogP contribution in [0.4, 0.5) is 0 Å². The summed E-state index contributed by atoms with van der Waals surface area (Å²) in [7, 11) is 1.48. The second kappa shape index (κ2) is 5.21. The van der Waals surface area contributed by atoms with E-state index in [1.165, 1.54) is 7.11 Å². The number of hydrogen-bond acceptors (Lipinski definition) is 4. The third kappa shape index (κ3) is 3.14. The van der Waals surface area contributed by atoms with Crippen LogP contribution in [0.2, 0.25) is 0 Å². The van der Waals surface area contributed by atoms with Crippen molar-refractivity contribution in [2.24, 2.45) is 0 Å². The molecule has 82 valence electrons. The Morgan fingerprint density at radius 2 is 2.00 bits per heavy atom. The van der Waals surface area contributed by atoms with Crippen molar-refractivity contribution in [2.75, 3.05) is 13.7 Å². The van der Waals surface area contributed by atoms with E-state index in [0.717, 1.165) is 0 Å². The number of aliphatic hydroxyl groups is 1. The Kier molecular flexibility index (Phi) is 3.93. The number of aliphatic hydroxyl groups excluding tert-OH is 1. The van der Waals surface area contributed by atoms with E-state index < -0.39 is 12.1 Å². The van der Waals surface area contributed by atoms with Gasteiger partial charge in [0.1, 0.15) is 6.61 Å². The molecule has 1 rings (SSSR count). The van der Waals surface area contributed by atoms with Crippen molar-refractivity contribution < 1.29 is 24.5 Å². The first-order chi connectivity index (χ1) is 7.15. The Morgan fingerprint density at radius 3 is 2.53 bits per heavy atom. The molecule has 1 atom stereocenters. The molecule has 0 aliphatic carbocycles. The summed E-state index contributed by atoms with van der Waals surface area (Å²) in [6.07, 6.45) is -1.53. The largest absolute Gasteiger partial charge is 0.493 e. The van der Waals surface area contributed by atoms with Crippen molar-refractivity contribution in [2.45, 2.75) is 6.10 Å². The number of methoxy groups -OCH3 is 1. The molecule has 0 saturated heterocycles. The standard InChI is InChI=1S/C10H12O5/c1-14-8-4-2-3-5-9(8)15-6-7(11)10(12)13/h2-5,7,11H,6H2,1H3,(H,12,13)/t7-/m1/s1. The van der Waals surface area contributed by atoms with E-state index in [1.807, 2.05) is 0 Å². The molecule has 5 heteroatoms. The second-order valence-electron chi connectivity index (χ2n) is 2.82. The van der Waals surface area contributed by atoms with Crippen molar-refractivity contribution in [3.8, 4) is 11.5 Å². The summed E-state index contributed by atoms with van der Waals surface area (Å²) in [5, 5.41) is 17.4. The molecule has 0 aliphatic heterocycles. The summed E-state index contributed by atoms with van der Waals surface area (Å²) in [6.45, 7) is -0.310. The summed E-state index contributed by atoms with van der Waals surface area (Å²) < 4.78 is 10.1. The number of rotatable bonds is 5. The normalized spacial score (nSPS) is 11.9. The summed E-state index contributed by atoms with van der Waals surface area (Å²) >= 11 is 0. The van der Waals surface area contributed by atoms with Crippen LogP contribution in [-0.4, -0.2) is 36.0 Å². The fourth-order valence-electron chi connectivity index (χ4n) is 0.978. The lowest BCUT2D eigenvalue weighted by Gasteiger charge is -2.11. The molecule has 5 nitrogen and oxygen atoms in total. The van der Waals surface area contributed by atoms with Gasteiger partial charge in [-0.1, -0.05) is 12.1 Å². The lowest BCUT2D eigenvalue weighted by molar-refractivity contribution is -0.148. The monoisotopic (exact) mass is 212 g/mol. The van der Waals surface area contributed by atoms with Crippen molar-refractivity contribution in [1.29, 1.82) is 0 Å². The van der Waals surface area contributed by atoms with E-state index in [-0.39, 0.29) is 6.61 Å². The maximum Gasteiger partial charge on any atom is 0.336 e. The minimum Gasteiger partial charge on any atom is -0.493 e. The van der Waals surface area contributed by atoms with Crippen molar-refractivity contribution >= 4 is 5.97 Å². The first kappa shape index (κ1) is 11.3. The molecule has 0 aromatic heterocycles. The quantitative estimate of drug-likeness (QED) is 0.744. The minimum absolute atomic E-state index is 0.310. The maximum atomic E-state index is 10.3. The Labute approximate surface area is 86.9 Å². The summed E-state index contributed by atoms with van der Waals surface area (Å²) in [4.78, 5) is 10.3. The third-order valence-corrected chi connectivity index (χ3v) is 1.75. The van der Waals surface area contributed by atoms with Crippen LogP contribution in [0.25, 0.3) is 0 Å². The van der Waals surface area contributed by atoms with Gasteiger partial charge in [0.25, 0.3) is 0 Å². The third-order valence-electron chi connectivity index (χ3n) is 1.75. The number of carboxylic acid groups (broad SMARTS) is 1. The van der Waals surface area contributed by atoms with Crippen LogP contribution in [0.15, 0.2) is 24.3 Å². The van der Waals surface area contributed by atoms with E-state index >= 15 is 0 Å². The van der Waals surface area contributed by atoms with Crippen LogP contribution in [0.5, 0.6) is 11.5 Å². The van der Waals surface area contributed by atoms with Gasteiger partial charge in [-0.05, 0) is 12.1 Å². The van der Waals surface area contributed by atoms with Gasteiger partial charge in [0, 0.05) is 0 Å². The predicted molar refractivity (Wildman–Crippen MR) is 52.1 cm³/mol. The van der Waals surface area contributed by atoms with E-state index in [0.29, 0.717) is 11.5 Å². The number of ether oxygens (including phenoxy) is 2. The molecule has 0 heterocycles. The fourth-order valence-corrected chi connectivity index (χ4v) is 0.978. The summed E-state index contributed by atoms with van der Waals surface area (Å²) in [5.74, 6) is -0.416. The molecule has 0 spiro atoms. The SMILES string of the molecule is COc1ccccc1OC[C@@H](O)C(=O)O. The first-order valence-corrected chi connectivity index (χ1v) is 4.32. The molecule has 0 fully saturated rings. The van der Waals surface area contributed by atoms with Crippen molar-refractivity contribution in [3.63, 3.8) is 0 Å². The van der Waals surface area contributed by atoms with Crippen LogP contribution in [-0.2, 0) is 4.79 Å². The zero-order valence-corrected chi connectivity index (χ0v) is 8.21. The average molecular weight is 212 g/mol. The molecule has 0 aliphatic rings. The van der Waals surface area contributed by atoms with Crippen LogP contribution < -0.4 is 9.47 Å². The Balaban J connectivity index is 2.60. The molecule has 0 saturated carbocycles. The molecule has 0 radical (unpaired) electrons. The number of carboxylic acids is 1. The van der Waals surface area contributed by atoms with Gasteiger partial charge < -0.3 is 19.7 Å². The van der Waals surface area contributed by atoms with Crippen LogP contribution in [0.3, 0.4) is 0 Å². The number of hydrogen-bond donors (Lipinski definition) is 2. The number of benzene rings is 1. The molecular weight excluding hydrogens is 200 g/mol. The van der Waals surface area contributed by atoms with E-state index in [9.17, 15) is 4.79 Å². The van der Waals surface area contributed by atoms with Crippen LogP contribution in [0.1, 0.15) is 0 Å². The molecular formula is C10H12O5. The number of carbonyl (C=O) groups is 1. The Morgan fingerprint density at radius 1 is 1.40 bits per heavy atom.